The van der Waals surface area contributed by atoms with Gasteiger partial charge in [0.2, 0.25) is 0 Å². The Morgan fingerprint density at radius 1 is 0.957 bits per heavy atom. The fourth-order valence-corrected chi connectivity index (χ4v) is 2.22. The van der Waals surface area contributed by atoms with Gasteiger partial charge in [-0.1, -0.05) is 66.2 Å². The molecule has 0 saturated heterocycles. The number of benzene rings is 2. The average Bonchev–Trinajstić information content (AvgIpc) is 3.00. The molecular weight excluding hydrogens is 286 g/mol. The van der Waals surface area contributed by atoms with Crippen molar-refractivity contribution in [3.8, 4) is 28.7 Å². The summed E-state index contributed by atoms with van der Waals surface area (Å²) in [7, 11) is 0. The van der Waals surface area contributed by atoms with E-state index in [0.29, 0.717) is 12.7 Å². The molecule has 0 spiro atoms. The number of oxazole rings is 1. The Morgan fingerprint density at radius 2 is 1.57 bits per heavy atom. The van der Waals surface area contributed by atoms with Gasteiger partial charge in [0.25, 0.3) is 0 Å². The molecule has 23 heavy (non-hydrogen) atoms. The van der Waals surface area contributed by atoms with E-state index in [1.807, 2.05) is 80.6 Å². The van der Waals surface area contributed by atoms with E-state index in [9.17, 15) is 0 Å². The molecule has 3 heteroatoms. The summed E-state index contributed by atoms with van der Waals surface area (Å²) in [6.45, 7) is 4.51. The molecule has 0 amide bonds. The van der Waals surface area contributed by atoms with Crippen molar-refractivity contribution in [3.05, 3.63) is 72.3 Å². The molecule has 3 rings (SSSR count). The van der Waals surface area contributed by atoms with Crippen LogP contribution in [0, 0.1) is 0 Å². The highest BCUT2D eigenvalue weighted by Gasteiger charge is 2.17. The summed E-state index contributed by atoms with van der Waals surface area (Å²) >= 11 is 0. The lowest BCUT2D eigenvalue weighted by atomic mass is 10.1. The summed E-state index contributed by atoms with van der Waals surface area (Å²) in [5.74, 6) is 0.726. The van der Waals surface area contributed by atoms with Crippen LogP contribution in [0.5, 0.6) is 6.08 Å². The van der Waals surface area contributed by atoms with Gasteiger partial charge in [0.05, 0.1) is 0 Å². The first-order valence-corrected chi connectivity index (χ1v) is 7.62. The zero-order chi connectivity index (χ0) is 16.1. The molecule has 0 aliphatic rings. The zero-order valence-electron chi connectivity index (χ0n) is 13.3. The predicted molar refractivity (Wildman–Crippen MR) is 92.3 cm³/mol. The number of aromatic nitrogens is 1. The highest BCUT2D eigenvalue weighted by atomic mass is 16.6. The van der Waals surface area contributed by atoms with Crippen LogP contribution in [0.2, 0.25) is 0 Å². The number of hydrogen-bond acceptors (Lipinski definition) is 3. The summed E-state index contributed by atoms with van der Waals surface area (Å²) in [5.41, 5.74) is 3.98. The van der Waals surface area contributed by atoms with Crippen molar-refractivity contribution in [1.29, 1.82) is 0 Å². The van der Waals surface area contributed by atoms with Crippen LogP contribution in [0.15, 0.2) is 76.7 Å². The van der Waals surface area contributed by atoms with Crippen molar-refractivity contribution in [3.63, 3.8) is 0 Å². The highest BCUT2D eigenvalue weighted by Crippen LogP contribution is 2.34. The minimum Gasteiger partial charge on any atom is -0.446 e. The van der Waals surface area contributed by atoms with Crippen LogP contribution in [-0.2, 0) is 0 Å². The van der Waals surface area contributed by atoms with Gasteiger partial charge in [-0.05, 0) is 19.9 Å². The van der Waals surface area contributed by atoms with Crippen LogP contribution >= 0.6 is 0 Å². The standard InChI is InChI=1S/C20H19NO2/c1-15(2)13-14-22-20-21-18(16-9-5-3-6-10-16)19(23-20)17-11-7-4-8-12-17/h3-13H,14H2,1-2H3. The van der Waals surface area contributed by atoms with Crippen molar-refractivity contribution in [1.82, 2.24) is 4.98 Å². The van der Waals surface area contributed by atoms with Crippen LogP contribution in [-0.4, -0.2) is 11.6 Å². The zero-order valence-corrected chi connectivity index (χ0v) is 13.3. The molecule has 3 aromatic rings. The quantitative estimate of drug-likeness (QED) is 0.596. The van der Waals surface area contributed by atoms with Crippen molar-refractivity contribution in [2.45, 2.75) is 13.8 Å². The number of rotatable bonds is 5. The first kappa shape index (κ1) is 15.1. The SMILES string of the molecule is CC(C)=CCOc1nc(-c2ccccc2)c(-c2ccccc2)o1. The fourth-order valence-electron chi connectivity index (χ4n) is 2.22. The number of allylic oxidation sites excluding steroid dienone is 1. The predicted octanol–water partition coefficient (Wildman–Crippen LogP) is 5.35. The van der Waals surface area contributed by atoms with Crippen molar-refractivity contribution in [2.24, 2.45) is 0 Å². The molecule has 0 aliphatic heterocycles. The van der Waals surface area contributed by atoms with Gasteiger partial charge in [-0.25, -0.2) is 0 Å². The molecule has 0 radical (unpaired) electrons. The molecule has 116 valence electrons. The van der Waals surface area contributed by atoms with Gasteiger partial charge in [-0.15, -0.1) is 0 Å². The van der Waals surface area contributed by atoms with Gasteiger partial charge < -0.3 is 9.15 Å². The third-order valence-corrected chi connectivity index (χ3v) is 3.39. The van der Waals surface area contributed by atoms with Gasteiger partial charge in [-0.2, -0.15) is 4.98 Å². The Morgan fingerprint density at radius 3 is 2.17 bits per heavy atom. The highest BCUT2D eigenvalue weighted by molar-refractivity contribution is 5.77. The molecule has 1 aromatic heterocycles. The molecule has 0 saturated carbocycles. The third kappa shape index (κ3) is 3.69. The third-order valence-electron chi connectivity index (χ3n) is 3.39. The van der Waals surface area contributed by atoms with Crippen molar-refractivity contribution < 1.29 is 9.15 Å². The largest absolute Gasteiger partial charge is 0.446 e. The van der Waals surface area contributed by atoms with E-state index >= 15 is 0 Å². The van der Waals surface area contributed by atoms with E-state index in [2.05, 4.69) is 4.98 Å². The summed E-state index contributed by atoms with van der Waals surface area (Å²) in [6, 6.07) is 20.0. The van der Waals surface area contributed by atoms with E-state index in [1.165, 1.54) is 5.57 Å². The molecule has 3 nitrogen and oxygen atoms in total. The molecule has 2 aromatic carbocycles. The van der Waals surface area contributed by atoms with Gasteiger partial charge in [-0.3, -0.25) is 0 Å². The molecule has 0 bridgehead atoms. The maximum atomic E-state index is 5.87. The summed E-state index contributed by atoms with van der Waals surface area (Å²) in [4.78, 5) is 4.54. The van der Waals surface area contributed by atoms with Crippen LogP contribution in [0.1, 0.15) is 13.8 Å². The monoisotopic (exact) mass is 305 g/mol. The van der Waals surface area contributed by atoms with E-state index in [0.717, 1.165) is 22.6 Å². The van der Waals surface area contributed by atoms with E-state index in [4.69, 9.17) is 9.15 Å². The molecule has 0 aliphatic carbocycles. The summed E-state index contributed by atoms with van der Waals surface area (Å²) in [6.07, 6.45) is 2.29. The smallest absolute Gasteiger partial charge is 0.395 e. The number of hydrogen-bond donors (Lipinski definition) is 0. The molecule has 0 N–H and O–H groups in total. The maximum Gasteiger partial charge on any atom is 0.395 e. The Kier molecular flexibility index (Phi) is 4.57. The average molecular weight is 305 g/mol. The second-order valence-corrected chi connectivity index (χ2v) is 5.48. The summed E-state index contributed by atoms with van der Waals surface area (Å²) < 4.78 is 11.5. The normalized spacial score (nSPS) is 10.3. The number of nitrogens with zero attached hydrogens (tertiary/aromatic N) is 1. The molecular formula is C20H19NO2. The molecule has 0 unspecified atom stereocenters. The lowest BCUT2D eigenvalue weighted by Gasteiger charge is -2.00. The van der Waals surface area contributed by atoms with Gasteiger partial charge in [0.15, 0.2) is 5.76 Å². The van der Waals surface area contributed by atoms with Gasteiger partial charge in [0.1, 0.15) is 12.3 Å². The van der Waals surface area contributed by atoms with Crippen LogP contribution in [0.25, 0.3) is 22.6 Å². The first-order valence-electron chi connectivity index (χ1n) is 7.62. The van der Waals surface area contributed by atoms with Crippen LogP contribution < -0.4 is 4.74 Å². The van der Waals surface area contributed by atoms with E-state index in [-0.39, 0.29) is 0 Å². The van der Waals surface area contributed by atoms with Crippen LogP contribution in [0.3, 0.4) is 0 Å². The second-order valence-electron chi connectivity index (χ2n) is 5.48. The Hall–Kier alpha value is -2.81. The Bertz CT molecular complexity index is 728. The minimum absolute atomic E-state index is 0.292. The van der Waals surface area contributed by atoms with Gasteiger partial charge in [0, 0.05) is 11.1 Å². The molecule has 0 atom stereocenters. The fraction of sp³-hybridized carbons (Fsp3) is 0.150. The topological polar surface area (TPSA) is 35.3 Å². The van der Waals surface area contributed by atoms with Crippen LogP contribution in [0.4, 0.5) is 0 Å². The Balaban J connectivity index is 1.99. The first-order chi connectivity index (χ1) is 11.2. The molecule has 0 fully saturated rings. The lowest BCUT2D eigenvalue weighted by molar-refractivity contribution is 0.261. The maximum absolute atomic E-state index is 5.87. The molecule has 1 heterocycles. The minimum atomic E-state index is 0.292. The lowest BCUT2D eigenvalue weighted by Crippen LogP contribution is -1.94. The number of ether oxygens (including phenoxy) is 1. The van der Waals surface area contributed by atoms with Crippen molar-refractivity contribution >= 4 is 0 Å². The van der Waals surface area contributed by atoms with E-state index < -0.39 is 0 Å². The van der Waals surface area contributed by atoms with Crippen molar-refractivity contribution in [2.75, 3.05) is 6.61 Å². The van der Waals surface area contributed by atoms with Gasteiger partial charge >= 0.3 is 6.08 Å². The second kappa shape index (κ2) is 6.97. The van der Waals surface area contributed by atoms with E-state index in [1.54, 1.807) is 0 Å². The summed E-state index contributed by atoms with van der Waals surface area (Å²) in [5, 5.41) is 0. The Labute approximate surface area is 136 Å².